The summed E-state index contributed by atoms with van der Waals surface area (Å²) in [5.74, 6) is 2.79. The summed E-state index contributed by atoms with van der Waals surface area (Å²) in [5.41, 5.74) is 11.6. The molecule has 0 bridgehead atoms. The number of benzene rings is 2. The Kier molecular flexibility index (Phi) is 6.59. The van der Waals surface area contributed by atoms with Crippen LogP contribution in [0.2, 0.25) is 0 Å². The van der Waals surface area contributed by atoms with Crippen molar-refractivity contribution in [1.29, 1.82) is 0 Å². The Morgan fingerprint density at radius 3 is 2.50 bits per heavy atom. The van der Waals surface area contributed by atoms with Crippen LogP contribution in [-0.2, 0) is 0 Å². The molecule has 0 radical (unpaired) electrons. The zero-order valence-electron chi connectivity index (χ0n) is 24.6. The highest BCUT2D eigenvalue weighted by Gasteiger charge is 2.43. The molecule has 6 aliphatic rings. The molecule has 0 N–H and O–H groups in total. The first-order valence-corrected chi connectivity index (χ1v) is 16.1. The Morgan fingerprint density at radius 2 is 1.67 bits per heavy atom. The lowest BCUT2D eigenvalue weighted by atomic mass is 9.59. The monoisotopic (exact) mass is 548 g/mol. The second-order valence-corrected chi connectivity index (χ2v) is 12.9. The summed E-state index contributed by atoms with van der Waals surface area (Å²) >= 11 is 0. The molecule has 0 fully saturated rings. The van der Waals surface area contributed by atoms with Gasteiger partial charge in [0.15, 0.2) is 0 Å². The first kappa shape index (κ1) is 25.8. The Labute approximate surface area is 250 Å². The third-order valence-electron chi connectivity index (χ3n) is 10.4. The van der Waals surface area contributed by atoms with E-state index in [9.17, 15) is 0 Å². The first-order chi connectivity index (χ1) is 20.8. The maximum atomic E-state index is 5.28. The predicted molar refractivity (Wildman–Crippen MR) is 177 cm³/mol. The largest absolute Gasteiger partial charge is 0.321 e. The van der Waals surface area contributed by atoms with Gasteiger partial charge in [-0.25, -0.2) is 0 Å². The highest BCUT2D eigenvalue weighted by molar-refractivity contribution is 6.12. The highest BCUT2D eigenvalue weighted by atomic mass is 15.3. The van der Waals surface area contributed by atoms with E-state index in [1.807, 2.05) is 0 Å². The topological polar surface area (TPSA) is 15.6 Å². The average Bonchev–Trinajstić information content (AvgIpc) is 3.44. The van der Waals surface area contributed by atoms with Gasteiger partial charge in [-0.1, -0.05) is 103 Å². The van der Waals surface area contributed by atoms with Gasteiger partial charge in [-0.05, 0) is 115 Å². The van der Waals surface area contributed by atoms with E-state index < -0.39 is 0 Å². The minimum Gasteiger partial charge on any atom is -0.321 e. The normalized spacial score (nSPS) is 29.7. The van der Waals surface area contributed by atoms with Crippen LogP contribution in [-0.4, -0.2) is 17.9 Å². The summed E-state index contributed by atoms with van der Waals surface area (Å²) in [5, 5.41) is 0. The number of hydrogen-bond acceptors (Lipinski definition) is 2. The average molecular weight is 549 g/mol. The molecule has 210 valence electrons. The molecule has 2 aromatic carbocycles. The number of amidine groups is 1. The van der Waals surface area contributed by atoms with Gasteiger partial charge >= 0.3 is 0 Å². The SMILES string of the molecule is CC1=CC2=C(c3ccc(N4C(C5=CC=CCC5)=NC5C=CCCC54)cc3)C3=CC=CCC3C(c3ccccc3)C2CC1. The van der Waals surface area contributed by atoms with Crippen LogP contribution >= 0.6 is 0 Å². The molecular weight excluding hydrogens is 508 g/mol. The van der Waals surface area contributed by atoms with Crippen molar-refractivity contribution in [2.24, 2.45) is 16.8 Å². The fourth-order valence-electron chi connectivity index (χ4n) is 8.49. The molecule has 1 heterocycles. The van der Waals surface area contributed by atoms with Gasteiger partial charge in [0.1, 0.15) is 5.84 Å². The van der Waals surface area contributed by atoms with E-state index in [2.05, 4.69) is 121 Å². The summed E-state index contributed by atoms with van der Waals surface area (Å²) in [6.45, 7) is 2.32. The van der Waals surface area contributed by atoms with E-state index in [-0.39, 0.29) is 6.04 Å². The molecule has 0 saturated heterocycles. The van der Waals surface area contributed by atoms with Crippen LogP contribution < -0.4 is 4.90 Å². The number of rotatable bonds is 4. The van der Waals surface area contributed by atoms with E-state index in [4.69, 9.17) is 4.99 Å². The van der Waals surface area contributed by atoms with Crippen LogP contribution in [0.4, 0.5) is 5.69 Å². The molecule has 2 aromatic rings. The summed E-state index contributed by atoms with van der Waals surface area (Å²) in [6.07, 6.45) is 29.1. The Morgan fingerprint density at radius 1 is 0.810 bits per heavy atom. The second-order valence-electron chi connectivity index (χ2n) is 12.9. The number of fused-ring (bicyclic) bond motifs is 3. The van der Waals surface area contributed by atoms with Crippen LogP contribution in [0.5, 0.6) is 0 Å². The number of hydrogen-bond donors (Lipinski definition) is 0. The summed E-state index contributed by atoms with van der Waals surface area (Å²) in [4.78, 5) is 7.84. The predicted octanol–water partition coefficient (Wildman–Crippen LogP) is 9.68. The lowest BCUT2D eigenvalue weighted by Gasteiger charge is -2.45. The molecule has 5 atom stereocenters. The van der Waals surface area contributed by atoms with Crippen molar-refractivity contribution in [3.8, 4) is 0 Å². The van der Waals surface area contributed by atoms with Crippen LogP contribution in [0.15, 0.2) is 137 Å². The van der Waals surface area contributed by atoms with Crippen molar-refractivity contribution in [2.45, 2.75) is 69.9 Å². The Hall–Kier alpha value is -3.91. The van der Waals surface area contributed by atoms with Gasteiger partial charge < -0.3 is 4.90 Å². The third kappa shape index (κ3) is 4.35. The number of allylic oxidation sites excluding steroid dienone is 12. The molecule has 0 saturated carbocycles. The van der Waals surface area contributed by atoms with Crippen molar-refractivity contribution in [3.05, 3.63) is 143 Å². The molecule has 0 spiro atoms. The van der Waals surface area contributed by atoms with Gasteiger partial charge in [-0.2, -0.15) is 0 Å². The third-order valence-corrected chi connectivity index (χ3v) is 10.4. The van der Waals surface area contributed by atoms with E-state index in [1.54, 1.807) is 5.57 Å². The molecule has 2 heteroatoms. The summed E-state index contributed by atoms with van der Waals surface area (Å²) < 4.78 is 0. The number of aliphatic imine (C=N–C) groups is 1. The lowest BCUT2D eigenvalue weighted by Crippen LogP contribution is -2.41. The van der Waals surface area contributed by atoms with E-state index in [0.29, 0.717) is 23.8 Å². The molecule has 2 nitrogen and oxygen atoms in total. The van der Waals surface area contributed by atoms with Gasteiger partial charge in [-0.3, -0.25) is 4.99 Å². The lowest BCUT2D eigenvalue weighted by molar-refractivity contribution is 0.350. The fourth-order valence-corrected chi connectivity index (χ4v) is 8.49. The van der Waals surface area contributed by atoms with E-state index in [0.717, 1.165) is 32.1 Å². The van der Waals surface area contributed by atoms with Gasteiger partial charge in [-0.15, -0.1) is 0 Å². The number of anilines is 1. The molecule has 42 heavy (non-hydrogen) atoms. The highest BCUT2D eigenvalue weighted by Crippen LogP contribution is 2.56. The molecule has 0 aromatic heterocycles. The molecular formula is C40H40N2. The minimum absolute atomic E-state index is 0.259. The zero-order chi connectivity index (χ0) is 28.0. The maximum absolute atomic E-state index is 5.28. The smallest absolute Gasteiger partial charge is 0.132 e. The first-order valence-electron chi connectivity index (χ1n) is 16.1. The van der Waals surface area contributed by atoms with Gasteiger partial charge in [0.2, 0.25) is 0 Å². The zero-order valence-corrected chi connectivity index (χ0v) is 24.6. The maximum Gasteiger partial charge on any atom is 0.132 e. The van der Waals surface area contributed by atoms with Gasteiger partial charge in [0.05, 0.1) is 12.1 Å². The van der Waals surface area contributed by atoms with Gasteiger partial charge in [0, 0.05) is 5.69 Å². The molecule has 8 rings (SSSR count). The molecule has 5 unspecified atom stereocenters. The number of nitrogens with zero attached hydrogens (tertiary/aromatic N) is 2. The van der Waals surface area contributed by atoms with Crippen molar-refractivity contribution >= 4 is 17.1 Å². The van der Waals surface area contributed by atoms with E-state index in [1.165, 1.54) is 57.8 Å². The van der Waals surface area contributed by atoms with Crippen molar-refractivity contribution < 1.29 is 0 Å². The molecule has 5 aliphatic carbocycles. The van der Waals surface area contributed by atoms with Crippen LogP contribution in [0, 0.1) is 11.8 Å². The van der Waals surface area contributed by atoms with Crippen molar-refractivity contribution in [2.75, 3.05) is 4.90 Å². The molecule has 0 amide bonds. The minimum atomic E-state index is 0.259. The Bertz CT molecular complexity index is 1620. The van der Waals surface area contributed by atoms with Crippen LogP contribution in [0.1, 0.15) is 68.9 Å². The molecule has 1 aliphatic heterocycles. The standard InChI is InChI=1S/C40H40N2/c1-27-20-25-34-35(26-27)39(33-17-9-8-16-32(33)38(34)28-12-4-2-5-13-28)29-21-23-31(24-22-29)42-37-19-11-10-18-36(37)41-40(42)30-14-6-3-7-15-30/h2-6,8-10,12-14,17-18,21-24,26,32,34,36-38H,7,11,15-16,19-20,25H2,1H3. The van der Waals surface area contributed by atoms with Gasteiger partial charge in [0.25, 0.3) is 0 Å². The van der Waals surface area contributed by atoms with Crippen LogP contribution in [0.3, 0.4) is 0 Å². The van der Waals surface area contributed by atoms with Crippen molar-refractivity contribution in [3.63, 3.8) is 0 Å². The Balaban J connectivity index is 1.22. The van der Waals surface area contributed by atoms with E-state index >= 15 is 0 Å². The van der Waals surface area contributed by atoms with Crippen molar-refractivity contribution in [1.82, 2.24) is 0 Å². The quantitative estimate of drug-likeness (QED) is 0.347. The summed E-state index contributed by atoms with van der Waals surface area (Å²) in [6, 6.07) is 21.6. The van der Waals surface area contributed by atoms with Crippen LogP contribution in [0.25, 0.3) is 5.57 Å². The fraction of sp³-hybridized carbons (Fsp3) is 0.325. The second kappa shape index (κ2) is 10.7. The summed E-state index contributed by atoms with van der Waals surface area (Å²) in [7, 11) is 0.